The number of benzene rings is 2. The summed E-state index contributed by atoms with van der Waals surface area (Å²) in [6, 6.07) is 11.6. The number of halogens is 4. The first-order valence-electron chi connectivity index (χ1n) is 14.8. The Labute approximate surface area is 271 Å². The van der Waals surface area contributed by atoms with Crippen molar-refractivity contribution in [3.05, 3.63) is 80.3 Å². The Morgan fingerprint density at radius 3 is 2.57 bits per heavy atom. The molecule has 4 heterocycles. The van der Waals surface area contributed by atoms with Crippen LogP contribution in [0.4, 0.5) is 13.2 Å². The van der Waals surface area contributed by atoms with Crippen LogP contribution in [0.3, 0.4) is 0 Å². The van der Waals surface area contributed by atoms with E-state index in [1.807, 2.05) is 23.6 Å². The van der Waals surface area contributed by atoms with Crippen LogP contribution in [-0.4, -0.2) is 52.3 Å². The predicted octanol–water partition coefficient (Wildman–Crippen LogP) is 7.47. The Morgan fingerprint density at radius 2 is 1.80 bits per heavy atom. The van der Waals surface area contributed by atoms with Gasteiger partial charge in [-0.05, 0) is 74.6 Å². The predicted molar refractivity (Wildman–Crippen MR) is 172 cm³/mol. The molecule has 6 rings (SSSR count). The van der Waals surface area contributed by atoms with Gasteiger partial charge in [0.25, 0.3) is 5.56 Å². The van der Waals surface area contributed by atoms with Gasteiger partial charge in [-0.2, -0.15) is 18.4 Å². The van der Waals surface area contributed by atoms with Gasteiger partial charge in [-0.3, -0.25) is 19.2 Å². The van der Waals surface area contributed by atoms with E-state index in [-0.39, 0.29) is 36.5 Å². The minimum atomic E-state index is -4.82. The topological polar surface area (TPSA) is 93.3 Å². The summed E-state index contributed by atoms with van der Waals surface area (Å²) in [7, 11) is 0. The molecule has 0 saturated carbocycles. The zero-order chi connectivity index (χ0) is 32.4. The zero-order valence-electron chi connectivity index (χ0n) is 24.9. The van der Waals surface area contributed by atoms with E-state index in [1.54, 1.807) is 35.7 Å². The number of likely N-dealkylation sites (tertiary alicyclic amines) is 1. The van der Waals surface area contributed by atoms with Crippen LogP contribution >= 0.6 is 22.9 Å². The molecule has 1 fully saturated rings. The molecule has 0 radical (unpaired) electrons. The Kier molecular flexibility index (Phi) is 9.18. The molecule has 0 atom stereocenters. The fourth-order valence-electron chi connectivity index (χ4n) is 5.83. The van der Waals surface area contributed by atoms with Gasteiger partial charge < -0.3 is 9.47 Å². The lowest BCUT2D eigenvalue weighted by Gasteiger charge is -2.26. The number of pyridine rings is 1. The fraction of sp³-hybridized carbons (Fsp3) is 0.333. The van der Waals surface area contributed by atoms with E-state index >= 15 is 0 Å². The molecule has 0 N–H and O–H groups in total. The van der Waals surface area contributed by atoms with Gasteiger partial charge in [-0.15, -0.1) is 11.3 Å². The first-order valence-corrected chi connectivity index (χ1v) is 16.1. The number of aromatic nitrogens is 3. The van der Waals surface area contributed by atoms with Gasteiger partial charge in [-0.1, -0.05) is 18.0 Å². The lowest BCUT2D eigenvalue weighted by Crippen LogP contribution is -2.33. The summed E-state index contributed by atoms with van der Waals surface area (Å²) in [6.07, 6.45) is 0.0403. The van der Waals surface area contributed by atoms with Crippen LogP contribution in [0.1, 0.15) is 36.2 Å². The number of ether oxygens (including phenoxy) is 2. The minimum absolute atomic E-state index is 0.0253. The van der Waals surface area contributed by atoms with Gasteiger partial charge in [0.15, 0.2) is 0 Å². The zero-order valence-corrected chi connectivity index (χ0v) is 26.4. The van der Waals surface area contributed by atoms with Crippen LogP contribution in [0, 0.1) is 18.3 Å². The second kappa shape index (κ2) is 13.3. The van der Waals surface area contributed by atoms with Gasteiger partial charge in [0, 0.05) is 28.9 Å². The van der Waals surface area contributed by atoms with Crippen molar-refractivity contribution in [3.63, 3.8) is 0 Å². The lowest BCUT2D eigenvalue weighted by atomic mass is 10.0. The molecule has 0 amide bonds. The van der Waals surface area contributed by atoms with Crippen LogP contribution in [0.15, 0.2) is 52.8 Å². The molecule has 3 aromatic heterocycles. The molecule has 13 heteroatoms. The first kappa shape index (κ1) is 31.8. The molecular formula is C33H29ClF3N5O3S. The molecule has 2 aromatic carbocycles. The largest absolute Gasteiger partial charge is 0.491 e. The van der Waals surface area contributed by atoms with Crippen molar-refractivity contribution >= 4 is 44.1 Å². The second-order valence-corrected chi connectivity index (χ2v) is 12.3. The van der Waals surface area contributed by atoms with Gasteiger partial charge >= 0.3 is 6.18 Å². The summed E-state index contributed by atoms with van der Waals surface area (Å²) in [6.45, 7) is 3.63. The number of piperidine rings is 1. The third-order valence-corrected chi connectivity index (χ3v) is 9.23. The summed E-state index contributed by atoms with van der Waals surface area (Å²) in [5.74, 6) is 0.0671. The molecule has 0 unspecified atom stereocenters. The molecule has 1 aliphatic rings. The molecule has 46 heavy (non-hydrogen) atoms. The number of nitrogens with zero attached hydrogens (tertiary/aromatic N) is 5. The fourth-order valence-corrected chi connectivity index (χ4v) is 6.88. The number of rotatable bonds is 9. The molecule has 0 aliphatic carbocycles. The molecule has 8 nitrogen and oxygen atoms in total. The maximum absolute atomic E-state index is 14.2. The standard InChI is InChI=1S/C33H29ClF3N5O3S/c1-20-40-27-18-25(33(35,36)37)30(45-14-12-41-10-3-2-4-11-41)24(19-38)29(27)32(43)42(20)13-15-44-28-6-5-21(34)17-23(28)22-7-9-39-26-8-16-46-31(22)26/h5-9,16-18H,2-4,10-15H2,1H3. The molecule has 0 bridgehead atoms. The van der Waals surface area contributed by atoms with E-state index in [0.717, 1.165) is 59.8 Å². The quantitative estimate of drug-likeness (QED) is 0.161. The number of hydrogen-bond acceptors (Lipinski definition) is 8. The number of alkyl halides is 3. The Bertz CT molecular complexity index is 2020. The average Bonchev–Trinajstić information content (AvgIpc) is 3.52. The highest BCUT2D eigenvalue weighted by atomic mass is 35.5. The Hall–Kier alpha value is -4.18. The lowest BCUT2D eigenvalue weighted by molar-refractivity contribution is -0.138. The highest BCUT2D eigenvalue weighted by Gasteiger charge is 2.38. The molecule has 238 valence electrons. The van der Waals surface area contributed by atoms with Crippen LogP contribution in [0.2, 0.25) is 5.02 Å². The molecule has 1 saturated heterocycles. The molecular weight excluding hydrogens is 639 g/mol. The van der Waals surface area contributed by atoms with E-state index in [4.69, 9.17) is 21.1 Å². The SMILES string of the molecule is Cc1nc2cc(C(F)(F)F)c(OCCN3CCCCC3)c(C#N)c2c(=O)n1CCOc1ccc(Cl)cc1-c1ccnc2ccsc12. The third-order valence-electron chi connectivity index (χ3n) is 8.06. The number of nitriles is 1. The Balaban J connectivity index is 1.31. The third kappa shape index (κ3) is 6.40. The average molecular weight is 668 g/mol. The maximum Gasteiger partial charge on any atom is 0.420 e. The maximum atomic E-state index is 14.2. The van der Waals surface area contributed by atoms with Crippen LogP contribution in [0.5, 0.6) is 11.5 Å². The van der Waals surface area contributed by atoms with Crippen LogP contribution in [0.25, 0.3) is 32.2 Å². The van der Waals surface area contributed by atoms with Crippen molar-refractivity contribution in [2.45, 2.75) is 38.9 Å². The molecule has 0 spiro atoms. The molecule has 1 aliphatic heterocycles. The summed E-state index contributed by atoms with van der Waals surface area (Å²) in [4.78, 5) is 24.6. The van der Waals surface area contributed by atoms with Crippen molar-refractivity contribution in [1.82, 2.24) is 19.4 Å². The van der Waals surface area contributed by atoms with E-state index in [1.165, 1.54) is 11.5 Å². The van der Waals surface area contributed by atoms with E-state index < -0.39 is 28.6 Å². The second-order valence-electron chi connectivity index (χ2n) is 11.0. The van der Waals surface area contributed by atoms with E-state index in [9.17, 15) is 23.2 Å². The van der Waals surface area contributed by atoms with Crippen molar-refractivity contribution in [2.75, 3.05) is 32.8 Å². The van der Waals surface area contributed by atoms with Gasteiger partial charge in [0.1, 0.15) is 47.7 Å². The summed E-state index contributed by atoms with van der Waals surface area (Å²) < 4.78 is 56.6. The monoisotopic (exact) mass is 667 g/mol. The Morgan fingerprint density at radius 1 is 1.02 bits per heavy atom. The van der Waals surface area contributed by atoms with E-state index in [0.29, 0.717) is 17.3 Å². The number of hydrogen-bond donors (Lipinski definition) is 0. The summed E-state index contributed by atoms with van der Waals surface area (Å²) in [5.41, 5.74) is 0.00957. The minimum Gasteiger partial charge on any atom is -0.491 e. The number of aryl methyl sites for hydroxylation is 1. The van der Waals surface area contributed by atoms with Crippen LogP contribution < -0.4 is 15.0 Å². The molecule has 5 aromatic rings. The van der Waals surface area contributed by atoms with Crippen molar-refractivity contribution < 1.29 is 22.6 Å². The van der Waals surface area contributed by atoms with Crippen molar-refractivity contribution in [1.29, 1.82) is 5.26 Å². The first-order chi connectivity index (χ1) is 22.2. The smallest absolute Gasteiger partial charge is 0.420 e. The highest BCUT2D eigenvalue weighted by molar-refractivity contribution is 7.17. The van der Waals surface area contributed by atoms with Crippen molar-refractivity contribution in [3.8, 4) is 28.7 Å². The van der Waals surface area contributed by atoms with Crippen molar-refractivity contribution in [2.24, 2.45) is 0 Å². The summed E-state index contributed by atoms with van der Waals surface area (Å²) >= 11 is 7.88. The van der Waals surface area contributed by atoms with E-state index in [2.05, 4.69) is 14.9 Å². The normalized spacial score (nSPS) is 14.1. The number of fused-ring (bicyclic) bond motifs is 2. The number of thiophene rings is 1. The van der Waals surface area contributed by atoms with Gasteiger partial charge in [-0.25, -0.2) is 4.98 Å². The summed E-state index contributed by atoms with van der Waals surface area (Å²) in [5, 5.41) is 12.3. The van der Waals surface area contributed by atoms with Crippen LogP contribution in [-0.2, 0) is 12.7 Å². The van der Waals surface area contributed by atoms with Gasteiger partial charge in [0.2, 0.25) is 0 Å². The highest BCUT2D eigenvalue weighted by Crippen LogP contribution is 2.41. The van der Waals surface area contributed by atoms with Gasteiger partial charge in [0.05, 0.1) is 27.7 Å².